The average molecular weight is 530 g/mol. The fourth-order valence-corrected chi connectivity index (χ4v) is 5.31. The minimum absolute atomic E-state index is 0.0176. The predicted molar refractivity (Wildman–Crippen MR) is 114 cm³/mol. The normalized spacial score (nSPS) is 16.9. The topological polar surface area (TPSA) is 228 Å². The van der Waals surface area contributed by atoms with E-state index in [0.717, 1.165) is 12.1 Å². The van der Waals surface area contributed by atoms with Crippen molar-refractivity contribution in [2.24, 2.45) is 15.8 Å². The van der Waals surface area contributed by atoms with E-state index in [1.54, 1.807) is 0 Å². The molecule has 1 amide bonds. The van der Waals surface area contributed by atoms with Crippen LogP contribution in [0, 0.1) is 9.81 Å². The van der Waals surface area contributed by atoms with Crippen LogP contribution in [-0.4, -0.2) is 73.2 Å². The van der Waals surface area contributed by atoms with Crippen molar-refractivity contribution in [3.8, 4) is 0 Å². The largest absolute Gasteiger partial charge is 0.366 e. The van der Waals surface area contributed by atoms with Crippen LogP contribution < -0.4 is 20.5 Å². The first kappa shape index (κ1) is 26.6. The van der Waals surface area contributed by atoms with Crippen LogP contribution in [0.1, 0.15) is 0 Å². The summed E-state index contributed by atoms with van der Waals surface area (Å²) >= 11 is 5.91. The van der Waals surface area contributed by atoms with E-state index in [2.05, 4.69) is 35.7 Å². The van der Waals surface area contributed by atoms with Gasteiger partial charge in [-0.3, -0.25) is 9.69 Å². The van der Waals surface area contributed by atoms with E-state index in [1.807, 2.05) is 0 Å². The molecule has 5 N–H and O–H groups in total. The third kappa shape index (κ3) is 7.72. The molecule has 0 bridgehead atoms. The molecule has 0 radical (unpaired) electrons. The van der Waals surface area contributed by atoms with E-state index < -0.39 is 37.0 Å². The Morgan fingerprint density at radius 1 is 1.21 bits per heavy atom. The molecule has 2 rings (SSSR count). The Balaban J connectivity index is 2.03. The predicted octanol–water partition coefficient (Wildman–Crippen LogP) is -1.17. The summed E-state index contributed by atoms with van der Waals surface area (Å²) in [5.74, 6) is -0.525. The second kappa shape index (κ2) is 11.5. The molecule has 184 valence electrons. The number of fused-ring (bicyclic) bond motifs is 1. The Morgan fingerprint density at radius 2 is 1.82 bits per heavy atom. The Labute approximate surface area is 193 Å². The number of nitrogens with zero attached hydrogens (tertiary/aromatic N) is 3. The smallest absolute Gasteiger partial charge is 0.244 e. The third-order valence-electron chi connectivity index (χ3n) is 4.23. The van der Waals surface area contributed by atoms with E-state index in [9.17, 15) is 31.4 Å². The molecule has 1 aromatic rings. The molecule has 19 heteroatoms. The lowest BCUT2D eigenvalue weighted by Gasteiger charge is -2.29. The van der Waals surface area contributed by atoms with Crippen LogP contribution in [0.15, 0.2) is 32.6 Å². The minimum atomic E-state index is -4.26. The van der Waals surface area contributed by atoms with E-state index in [0.29, 0.717) is 0 Å². The molecule has 1 aromatic carbocycles. The van der Waals surface area contributed by atoms with Gasteiger partial charge in [0.1, 0.15) is 29.2 Å². The molecular formula is C14H20ClN7O9S2. The van der Waals surface area contributed by atoms with Crippen LogP contribution in [0.25, 0.3) is 0 Å². The van der Waals surface area contributed by atoms with E-state index in [4.69, 9.17) is 16.7 Å². The van der Waals surface area contributed by atoms with Gasteiger partial charge in [0.15, 0.2) is 10.7 Å². The maximum Gasteiger partial charge on any atom is 0.244 e. The van der Waals surface area contributed by atoms with Gasteiger partial charge in [-0.05, 0) is 12.1 Å². The Kier molecular flexibility index (Phi) is 9.25. The molecular weight excluding hydrogens is 510 g/mol. The van der Waals surface area contributed by atoms with E-state index in [1.165, 1.54) is 4.90 Å². The maximum absolute atomic E-state index is 12.5. The zero-order valence-corrected chi connectivity index (χ0v) is 19.2. The highest BCUT2D eigenvalue weighted by molar-refractivity contribution is 7.90. The summed E-state index contributed by atoms with van der Waals surface area (Å²) in [5, 5.41) is 14.5. The molecule has 16 nitrogen and oxygen atoms in total. The molecule has 1 aliphatic rings. The molecule has 0 saturated carbocycles. The van der Waals surface area contributed by atoms with Crippen LogP contribution >= 0.6 is 11.6 Å². The first-order valence-corrected chi connectivity index (χ1v) is 12.4. The van der Waals surface area contributed by atoms with Crippen molar-refractivity contribution in [2.45, 2.75) is 16.0 Å². The van der Waals surface area contributed by atoms with Crippen molar-refractivity contribution in [3.05, 3.63) is 27.0 Å². The molecule has 0 spiro atoms. The number of nitrogens with two attached hydrogens (primary N) is 1. The monoisotopic (exact) mass is 529 g/mol. The van der Waals surface area contributed by atoms with Gasteiger partial charge in [-0.15, -0.1) is 9.81 Å². The molecule has 0 aliphatic carbocycles. The number of hydrogen-bond acceptors (Lipinski definition) is 13. The van der Waals surface area contributed by atoms with Gasteiger partial charge in [0.25, 0.3) is 0 Å². The van der Waals surface area contributed by atoms with Gasteiger partial charge in [-0.1, -0.05) is 11.6 Å². The molecule has 0 saturated heterocycles. The first-order chi connectivity index (χ1) is 15.5. The lowest BCUT2D eigenvalue weighted by atomic mass is 10.3. The van der Waals surface area contributed by atoms with E-state index in [-0.39, 0.29) is 55.0 Å². The second-order valence-corrected chi connectivity index (χ2v) is 10.2. The number of sulfonamides is 2. The average Bonchev–Trinajstić information content (AvgIpc) is 2.70. The van der Waals surface area contributed by atoms with Gasteiger partial charge in [-0.25, -0.2) is 22.0 Å². The highest BCUT2D eigenvalue weighted by Gasteiger charge is 2.32. The number of primary sulfonamides is 1. The number of benzene rings is 1. The molecule has 1 atom stereocenters. The molecule has 0 aromatic heterocycles. The number of carbonyl (C=O) groups excluding carboxylic acids is 1. The maximum atomic E-state index is 12.5. The van der Waals surface area contributed by atoms with Gasteiger partial charge in [0, 0.05) is 13.1 Å². The highest BCUT2D eigenvalue weighted by Crippen LogP contribution is 2.33. The fraction of sp³-hybridized carbons (Fsp3) is 0.500. The van der Waals surface area contributed by atoms with Crippen LogP contribution in [0.2, 0.25) is 5.02 Å². The summed E-state index contributed by atoms with van der Waals surface area (Å²) in [5.41, 5.74) is 0.0176. The summed E-state index contributed by atoms with van der Waals surface area (Å²) in [4.78, 5) is 41.5. The molecule has 1 aliphatic heterocycles. The summed E-state index contributed by atoms with van der Waals surface area (Å²) < 4.78 is 50.5. The quantitative estimate of drug-likeness (QED) is 0.135. The van der Waals surface area contributed by atoms with Crippen molar-refractivity contribution in [2.75, 3.05) is 44.7 Å². The van der Waals surface area contributed by atoms with Gasteiger partial charge >= 0.3 is 0 Å². The number of anilines is 1. The highest BCUT2D eigenvalue weighted by atomic mass is 35.5. The van der Waals surface area contributed by atoms with Crippen LogP contribution in [0.5, 0.6) is 0 Å². The summed E-state index contributed by atoms with van der Waals surface area (Å²) in [7, 11) is -8.42. The first-order valence-electron chi connectivity index (χ1n) is 9.01. The third-order valence-corrected chi connectivity index (χ3v) is 7.12. The number of carbonyl (C=O) groups is 1. The number of amides is 1. The Bertz CT molecular complexity index is 1090. The van der Waals surface area contributed by atoms with Crippen molar-refractivity contribution >= 4 is 43.2 Å². The Hall–Kier alpha value is -2.64. The molecule has 1 unspecified atom stereocenters. The lowest BCUT2D eigenvalue weighted by Crippen LogP contribution is -2.52. The number of halogens is 1. The van der Waals surface area contributed by atoms with Crippen LogP contribution in [0.4, 0.5) is 5.69 Å². The fourth-order valence-electron chi connectivity index (χ4n) is 2.81. The van der Waals surface area contributed by atoms with Gasteiger partial charge in [0.05, 0.1) is 23.8 Å². The van der Waals surface area contributed by atoms with Crippen LogP contribution in [0.3, 0.4) is 0 Å². The van der Waals surface area contributed by atoms with Crippen molar-refractivity contribution < 1.29 is 31.3 Å². The second-order valence-electron chi connectivity index (χ2n) is 6.54. The molecule has 33 heavy (non-hydrogen) atoms. The lowest BCUT2D eigenvalue weighted by molar-refractivity contribution is -0.122. The van der Waals surface area contributed by atoms with Gasteiger partial charge < -0.3 is 20.3 Å². The van der Waals surface area contributed by atoms with Gasteiger partial charge in [0.2, 0.25) is 26.0 Å². The van der Waals surface area contributed by atoms with Gasteiger partial charge in [-0.2, -0.15) is 4.72 Å². The number of nitrogens with one attached hydrogen (secondary N) is 3. The summed E-state index contributed by atoms with van der Waals surface area (Å²) in [6.45, 7) is -0.425. The van der Waals surface area contributed by atoms with Crippen molar-refractivity contribution in [1.82, 2.24) is 14.9 Å². The zero-order valence-electron chi connectivity index (χ0n) is 16.8. The number of hydrogen-bond donors (Lipinski definition) is 4. The SMILES string of the molecule is NS(=O)(=O)c1cc2c(cc1Cl)NC(CNC(=O)CN(CCON=O)CCON=O)NS2(=O)=O. The van der Waals surface area contributed by atoms with E-state index >= 15 is 0 Å². The van der Waals surface area contributed by atoms with Crippen LogP contribution in [-0.2, 0) is 34.5 Å². The van der Waals surface area contributed by atoms with Crippen molar-refractivity contribution in [1.29, 1.82) is 0 Å². The minimum Gasteiger partial charge on any atom is -0.366 e. The Morgan fingerprint density at radius 3 is 2.36 bits per heavy atom. The molecule has 1 heterocycles. The molecule has 0 fully saturated rings. The van der Waals surface area contributed by atoms with Crippen molar-refractivity contribution in [3.63, 3.8) is 0 Å². The number of rotatable bonds is 13. The summed E-state index contributed by atoms with van der Waals surface area (Å²) in [6, 6.07) is 1.94. The summed E-state index contributed by atoms with van der Waals surface area (Å²) in [6.07, 6.45) is -0.985. The zero-order chi connectivity index (χ0) is 24.6. The standard InChI is InChI=1S/C14H20ClN7O9S2/c15-9-5-10-12(6-11(9)32(16,26)27)33(28,29)19-13(18-10)7-17-14(23)8-22(1-3-30-20-24)2-4-31-21-25/h5-6,13,18-19H,1-4,7-8H2,(H,17,23)(H2,16,26,27).